The molecule has 0 aromatic carbocycles. The van der Waals surface area contributed by atoms with Gasteiger partial charge in [-0.2, -0.15) is 0 Å². The molecule has 1 aliphatic heterocycles. The molecule has 2 N–H and O–H groups in total. The Morgan fingerprint density at radius 2 is 2.07 bits per heavy atom. The SMILES string of the molecule is CC(C)(C)C(=O)OC[C@H]1O[C@@H](O)C[C@@H]1O. The Balaban J connectivity index is 2.35. The van der Waals surface area contributed by atoms with E-state index in [0.29, 0.717) is 0 Å². The molecule has 0 aliphatic carbocycles. The molecule has 0 bridgehead atoms. The number of aliphatic hydroxyl groups excluding tert-OH is 2. The van der Waals surface area contributed by atoms with Crippen LogP contribution in [0.1, 0.15) is 27.2 Å². The van der Waals surface area contributed by atoms with Gasteiger partial charge < -0.3 is 19.7 Å². The van der Waals surface area contributed by atoms with Gasteiger partial charge in [0.15, 0.2) is 6.29 Å². The predicted octanol–water partition coefficient (Wildman–Crippen LogP) is 0.0439. The molecule has 1 fully saturated rings. The van der Waals surface area contributed by atoms with Gasteiger partial charge in [0.2, 0.25) is 0 Å². The third kappa shape index (κ3) is 3.44. The lowest BCUT2D eigenvalue weighted by Gasteiger charge is -2.19. The van der Waals surface area contributed by atoms with Crippen molar-refractivity contribution < 1.29 is 24.5 Å². The fourth-order valence-corrected chi connectivity index (χ4v) is 1.23. The maximum absolute atomic E-state index is 11.4. The van der Waals surface area contributed by atoms with Crippen LogP contribution in [0.2, 0.25) is 0 Å². The second-order valence-electron chi connectivity index (χ2n) is 4.78. The average molecular weight is 218 g/mol. The number of hydrogen-bond donors (Lipinski definition) is 2. The molecular weight excluding hydrogens is 200 g/mol. The standard InChI is InChI=1S/C10H18O5/c1-10(2,3)9(13)14-5-7-6(11)4-8(12)15-7/h6-8,11-12H,4-5H2,1-3H3/t6-,7+,8+/m0/s1. The molecule has 1 saturated heterocycles. The van der Waals surface area contributed by atoms with Gasteiger partial charge in [0.05, 0.1) is 11.5 Å². The van der Waals surface area contributed by atoms with Crippen LogP contribution in [0.3, 0.4) is 0 Å². The van der Waals surface area contributed by atoms with Crippen molar-refractivity contribution in [3.05, 3.63) is 0 Å². The van der Waals surface area contributed by atoms with Gasteiger partial charge in [-0.3, -0.25) is 4.79 Å². The summed E-state index contributed by atoms with van der Waals surface area (Å²) >= 11 is 0. The number of rotatable bonds is 2. The van der Waals surface area contributed by atoms with Crippen molar-refractivity contribution in [3.63, 3.8) is 0 Å². The van der Waals surface area contributed by atoms with Gasteiger partial charge in [-0.05, 0) is 20.8 Å². The average Bonchev–Trinajstić information content (AvgIpc) is 2.39. The van der Waals surface area contributed by atoms with Gasteiger partial charge in [0.25, 0.3) is 0 Å². The summed E-state index contributed by atoms with van der Waals surface area (Å²) in [7, 11) is 0. The molecule has 1 rings (SSSR count). The number of hydrogen-bond acceptors (Lipinski definition) is 5. The monoisotopic (exact) mass is 218 g/mol. The first-order valence-corrected chi connectivity index (χ1v) is 4.99. The van der Waals surface area contributed by atoms with Crippen LogP contribution in [-0.2, 0) is 14.3 Å². The summed E-state index contributed by atoms with van der Waals surface area (Å²) in [5, 5.41) is 18.5. The maximum atomic E-state index is 11.4. The number of ether oxygens (including phenoxy) is 2. The van der Waals surface area contributed by atoms with Crippen LogP contribution in [0.15, 0.2) is 0 Å². The minimum Gasteiger partial charge on any atom is -0.462 e. The van der Waals surface area contributed by atoms with Crippen molar-refractivity contribution in [1.29, 1.82) is 0 Å². The highest BCUT2D eigenvalue weighted by Gasteiger charge is 2.34. The Hall–Kier alpha value is -0.650. The van der Waals surface area contributed by atoms with Crippen molar-refractivity contribution in [2.24, 2.45) is 5.41 Å². The summed E-state index contributed by atoms with van der Waals surface area (Å²) in [4.78, 5) is 11.4. The molecule has 5 nitrogen and oxygen atoms in total. The lowest BCUT2D eigenvalue weighted by molar-refractivity contribution is -0.163. The highest BCUT2D eigenvalue weighted by atomic mass is 16.6. The van der Waals surface area contributed by atoms with E-state index in [1.807, 2.05) is 0 Å². The van der Waals surface area contributed by atoms with Crippen molar-refractivity contribution in [2.45, 2.75) is 45.7 Å². The van der Waals surface area contributed by atoms with E-state index in [0.717, 1.165) is 0 Å². The molecule has 0 saturated carbocycles. The van der Waals surface area contributed by atoms with Crippen molar-refractivity contribution in [3.8, 4) is 0 Å². The molecular formula is C10H18O5. The summed E-state index contributed by atoms with van der Waals surface area (Å²) in [6.45, 7) is 5.22. The maximum Gasteiger partial charge on any atom is 0.311 e. The second-order valence-corrected chi connectivity index (χ2v) is 4.78. The van der Waals surface area contributed by atoms with E-state index in [1.54, 1.807) is 20.8 Å². The number of esters is 1. The van der Waals surface area contributed by atoms with Gasteiger partial charge in [-0.25, -0.2) is 0 Å². The topological polar surface area (TPSA) is 76.0 Å². The number of carbonyl (C=O) groups is 1. The zero-order chi connectivity index (χ0) is 11.6. The molecule has 0 spiro atoms. The summed E-state index contributed by atoms with van der Waals surface area (Å²) in [5.41, 5.74) is -0.567. The summed E-state index contributed by atoms with van der Waals surface area (Å²) in [6, 6.07) is 0. The molecule has 1 aliphatic rings. The van der Waals surface area contributed by atoms with E-state index in [2.05, 4.69) is 0 Å². The van der Waals surface area contributed by atoms with Gasteiger partial charge in [-0.15, -0.1) is 0 Å². The Kier molecular flexibility index (Phi) is 3.70. The minimum atomic E-state index is -0.960. The highest BCUT2D eigenvalue weighted by molar-refractivity contribution is 5.75. The minimum absolute atomic E-state index is 0.0195. The lowest BCUT2D eigenvalue weighted by atomic mass is 9.97. The van der Waals surface area contributed by atoms with Crippen LogP contribution in [0.4, 0.5) is 0 Å². The second kappa shape index (κ2) is 4.47. The first kappa shape index (κ1) is 12.4. The van der Waals surface area contributed by atoms with Gasteiger partial charge in [0.1, 0.15) is 12.7 Å². The van der Waals surface area contributed by atoms with Crippen molar-refractivity contribution >= 4 is 5.97 Å². The fraction of sp³-hybridized carbons (Fsp3) is 0.900. The first-order valence-electron chi connectivity index (χ1n) is 4.99. The van der Waals surface area contributed by atoms with Crippen LogP contribution in [0.25, 0.3) is 0 Å². The number of aliphatic hydroxyl groups is 2. The van der Waals surface area contributed by atoms with Crippen molar-refractivity contribution in [1.82, 2.24) is 0 Å². The smallest absolute Gasteiger partial charge is 0.311 e. The van der Waals surface area contributed by atoms with E-state index in [4.69, 9.17) is 14.6 Å². The van der Waals surface area contributed by atoms with Gasteiger partial charge >= 0.3 is 5.97 Å². The summed E-state index contributed by atoms with van der Waals surface area (Å²) in [6.07, 6.45) is -2.19. The number of carbonyl (C=O) groups excluding carboxylic acids is 1. The predicted molar refractivity (Wildman–Crippen MR) is 51.9 cm³/mol. The summed E-state index contributed by atoms with van der Waals surface area (Å²) < 4.78 is 9.94. The highest BCUT2D eigenvalue weighted by Crippen LogP contribution is 2.20. The van der Waals surface area contributed by atoms with Crippen molar-refractivity contribution in [2.75, 3.05) is 6.61 Å². The molecule has 1 heterocycles. The van der Waals surface area contributed by atoms with E-state index in [9.17, 15) is 9.90 Å². The zero-order valence-electron chi connectivity index (χ0n) is 9.27. The molecule has 0 unspecified atom stereocenters. The van der Waals surface area contributed by atoms with Gasteiger partial charge in [0, 0.05) is 6.42 Å². The first-order chi connectivity index (χ1) is 6.80. The third-order valence-corrected chi connectivity index (χ3v) is 2.20. The molecule has 88 valence electrons. The molecule has 15 heavy (non-hydrogen) atoms. The molecule has 3 atom stereocenters. The summed E-state index contributed by atoms with van der Waals surface area (Å²) in [5.74, 6) is -0.348. The Morgan fingerprint density at radius 1 is 1.47 bits per heavy atom. The van der Waals surface area contributed by atoms with Crippen LogP contribution in [0, 0.1) is 5.41 Å². The molecule has 0 aromatic heterocycles. The Bertz CT molecular complexity index is 232. The fourth-order valence-electron chi connectivity index (χ4n) is 1.23. The van der Waals surface area contributed by atoms with E-state index in [1.165, 1.54) is 0 Å². The molecule has 0 aromatic rings. The molecule has 0 radical (unpaired) electrons. The Labute approximate surface area is 89.0 Å². The van der Waals surface area contributed by atoms with Crippen LogP contribution < -0.4 is 0 Å². The molecule has 5 heteroatoms. The van der Waals surface area contributed by atoms with E-state index in [-0.39, 0.29) is 19.0 Å². The zero-order valence-corrected chi connectivity index (χ0v) is 9.27. The van der Waals surface area contributed by atoms with Crippen LogP contribution in [0.5, 0.6) is 0 Å². The van der Waals surface area contributed by atoms with Crippen LogP contribution >= 0.6 is 0 Å². The quantitative estimate of drug-likeness (QED) is 0.640. The van der Waals surface area contributed by atoms with E-state index >= 15 is 0 Å². The Morgan fingerprint density at radius 3 is 2.47 bits per heavy atom. The largest absolute Gasteiger partial charge is 0.462 e. The van der Waals surface area contributed by atoms with Gasteiger partial charge in [-0.1, -0.05) is 0 Å². The third-order valence-electron chi connectivity index (χ3n) is 2.20. The molecule has 0 amide bonds. The normalized spacial score (nSPS) is 31.7. The lowest BCUT2D eigenvalue weighted by Crippen LogP contribution is -2.31. The van der Waals surface area contributed by atoms with E-state index < -0.39 is 23.9 Å². The van der Waals surface area contributed by atoms with Crippen LogP contribution in [-0.4, -0.2) is 41.3 Å².